The van der Waals surface area contributed by atoms with Crippen molar-refractivity contribution in [2.24, 2.45) is 0 Å². The number of hydrogen-bond donors (Lipinski definition) is 2. The van der Waals surface area contributed by atoms with Gasteiger partial charge in [0.1, 0.15) is 5.75 Å². The van der Waals surface area contributed by atoms with Crippen LogP contribution >= 0.6 is 0 Å². The van der Waals surface area contributed by atoms with Gasteiger partial charge in [0.05, 0.1) is 18.5 Å². The Bertz CT molecular complexity index is 646. The zero-order chi connectivity index (χ0) is 14.7. The van der Waals surface area contributed by atoms with Crippen LogP contribution < -0.4 is 10.1 Å². The van der Waals surface area contributed by atoms with Gasteiger partial charge in [-0.25, -0.2) is 4.79 Å². The zero-order valence-electron chi connectivity index (χ0n) is 11.3. The maximum atomic E-state index is 10.7. The van der Waals surface area contributed by atoms with Crippen molar-refractivity contribution < 1.29 is 14.6 Å². The van der Waals surface area contributed by atoms with E-state index >= 15 is 0 Å². The Hall–Kier alpha value is -2.63. The summed E-state index contributed by atoms with van der Waals surface area (Å²) in [5.41, 5.74) is 2.65. The molecule has 6 heteroatoms. The number of para-hydroxylation sites is 1. The number of aromatic nitrogens is 2. The van der Waals surface area contributed by atoms with Gasteiger partial charge in [-0.2, -0.15) is 0 Å². The number of carboxylic acid groups (broad SMARTS) is 1. The number of ether oxygens (including phenoxy) is 1. The molecule has 1 aliphatic rings. The highest BCUT2D eigenvalue weighted by atomic mass is 16.5. The monoisotopic (exact) mass is 285 g/mol. The van der Waals surface area contributed by atoms with Crippen molar-refractivity contribution in [1.82, 2.24) is 15.3 Å². The van der Waals surface area contributed by atoms with E-state index in [9.17, 15) is 4.79 Å². The molecule has 1 amide bonds. The summed E-state index contributed by atoms with van der Waals surface area (Å²) in [6.45, 7) is 0.950. The fourth-order valence-corrected chi connectivity index (χ4v) is 2.56. The second kappa shape index (κ2) is 5.78. The summed E-state index contributed by atoms with van der Waals surface area (Å²) in [6.07, 6.45) is 4.74. The van der Waals surface area contributed by atoms with Crippen molar-refractivity contribution in [2.45, 2.75) is 12.3 Å². The van der Waals surface area contributed by atoms with Crippen LogP contribution in [0.2, 0.25) is 0 Å². The fourth-order valence-electron chi connectivity index (χ4n) is 2.56. The molecule has 3 rings (SSSR count). The van der Waals surface area contributed by atoms with E-state index in [1.807, 2.05) is 18.2 Å². The van der Waals surface area contributed by atoms with Gasteiger partial charge in [0.15, 0.2) is 0 Å². The molecule has 1 unspecified atom stereocenters. The Morgan fingerprint density at radius 1 is 1.43 bits per heavy atom. The first-order valence-corrected chi connectivity index (χ1v) is 6.74. The molecule has 1 aromatic carbocycles. The molecule has 0 fully saturated rings. The van der Waals surface area contributed by atoms with Crippen molar-refractivity contribution in [3.05, 3.63) is 42.4 Å². The lowest BCUT2D eigenvalue weighted by molar-refractivity contribution is 0.191. The number of fused-ring (bicyclic) bond motifs is 1. The Balaban J connectivity index is 1.96. The third-order valence-corrected chi connectivity index (χ3v) is 3.54. The van der Waals surface area contributed by atoms with Crippen LogP contribution in [0.5, 0.6) is 5.75 Å². The van der Waals surface area contributed by atoms with Gasteiger partial charge in [-0.3, -0.25) is 9.97 Å². The van der Waals surface area contributed by atoms with Gasteiger partial charge < -0.3 is 15.2 Å². The van der Waals surface area contributed by atoms with E-state index in [0.29, 0.717) is 13.2 Å². The van der Waals surface area contributed by atoms with E-state index in [0.717, 1.165) is 29.0 Å². The molecule has 0 radical (unpaired) electrons. The van der Waals surface area contributed by atoms with Crippen LogP contribution in [-0.4, -0.2) is 34.3 Å². The quantitative estimate of drug-likeness (QED) is 0.903. The van der Waals surface area contributed by atoms with E-state index in [1.54, 1.807) is 18.6 Å². The number of benzene rings is 1. The summed E-state index contributed by atoms with van der Waals surface area (Å²) in [6, 6.07) is 5.85. The molecule has 1 atom stereocenters. The van der Waals surface area contributed by atoms with Crippen molar-refractivity contribution in [2.75, 3.05) is 13.2 Å². The number of carbonyl (C=O) groups is 1. The average molecular weight is 285 g/mol. The van der Waals surface area contributed by atoms with E-state index < -0.39 is 6.09 Å². The number of nitrogens with one attached hydrogen (secondary N) is 1. The van der Waals surface area contributed by atoms with Gasteiger partial charge in [-0.05, 0) is 18.1 Å². The van der Waals surface area contributed by atoms with Gasteiger partial charge in [-0.1, -0.05) is 12.1 Å². The summed E-state index contributed by atoms with van der Waals surface area (Å²) < 4.78 is 5.80. The standard InChI is InChI=1S/C15H15N3O3/c19-15(20)18-8-10-4-7-21-14-11(10)2-1-3-12(14)13-9-16-5-6-17-13/h1-3,5-6,9-10,18H,4,7-8H2,(H,19,20). The van der Waals surface area contributed by atoms with Crippen LogP contribution in [0.1, 0.15) is 17.9 Å². The van der Waals surface area contributed by atoms with Gasteiger partial charge in [0.2, 0.25) is 0 Å². The first kappa shape index (κ1) is 13.4. The third-order valence-electron chi connectivity index (χ3n) is 3.54. The number of nitrogens with zero attached hydrogens (tertiary/aromatic N) is 2. The molecule has 2 heterocycles. The molecule has 21 heavy (non-hydrogen) atoms. The average Bonchev–Trinajstić information content (AvgIpc) is 2.53. The summed E-state index contributed by atoms with van der Waals surface area (Å²) >= 11 is 0. The lowest BCUT2D eigenvalue weighted by Gasteiger charge is -2.27. The minimum atomic E-state index is -1.01. The van der Waals surface area contributed by atoms with Crippen molar-refractivity contribution >= 4 is 6.09 Å². The second-order valence-electron chi connectivity index (χ2n) is 4.83. The predicted octanol–water partition coefficient (Wildman–Crippen LogP) is 2.28. The molecule has 0 spiro atoms. The molecule has 108 valence electrons. The highest BCUT2D eigenvalue weighted by molar-refractivity contribution is 5.70. The van der Waals surface area contributed by atoms with Crippen molar-refractivity contribution in [3.8, 4) is 17.0 Å². The zero-order valence-corrected chi connectivity index (χ0v) is 11.3. The smallest absolute Gasteiger partial charge is 0.404 e. The lowest BCUT2D eigenvalue weighted by Crippen LogP contribution is -2.29. The molecule has 1 aromatic heterocycles. The van der Waals surface area contributed by atoms with Crippen LogP contribution in [0.15, 0.2) is 36.8 Å². The maximum Gasteiger partial charge on any atom is 0.404 e. The van der Waals surface area contributed by atoms with Crippen LogP contribution in [0, 0.1) is 0 Å². The summed E-state index contributed by atoms with van der Waals surface area (Å²) in [4.78, 5) is 19.1. The first-order chi connectivity index (χ1) is 10.3. The Labute approximate surface area is 121 Å². The SMILES string of the molecule is O=C(O)NCC1CCOc2c(-c3cnccn3)cccc21. The van der Waals surface area contributed by atoms with Crippen LogP contribution in [0.25, 0.3) is 11.3 Å². The highest BCUT2D eigenvalue weighted by Gasteiger charge is 2.24. The Kier molecular flexibility index (Phi) is 3.68. The number of rotatable bonds is 3. The fraction of sp³-hybridized carbons (Fsp3) is 0.267. The van der Waals surface area contributed by atoms with Crippen LogP contribution in [-0.2, 0) is 0 Å². The summed E-state index contributed by atoms with van der Waals surface area (Å²) in [5, 5.41) is 11.2. The van der Waals surface area contributed by atoms with Gasteiger partial charge in [0.25, 0.3) is 0 Å². The van der Waals surface area contributed by atoms with Gasteiger partial charge in [0, 0.05) is 30.4 Å². The Morgan fingerprint density at radius 3 is 3.10 bits per heavy atom. The summed E-state index contributed by atoms with van der Waals surface area (Å²) in [7, 11) is 0. The topological polar surface area (TPSA) is 84.3 Å². The minimum Gasteiger partial charge on any atom is -0.493 e. The molecule has 2 aromatic rings. The van der Waals surface area contributed by atoms with E-state index in [-0.39, 0.29) is 5.92 Å². The van der Waals surface area contributed by atoms with Crippen molar-refractivity contribution in [1.29, 1.82) is 0 Å². The first-order valence-electron chi connectivity index (χ1n) is 6.74. The molecule has 6 nitrogen and oxygen atoms in total. The molecule has 0 saturated heterocycles. The van der Waals surface area contributed by atoms with Crippen LogP contribution in [0.3, 0.4) is 0 Å². The van der Waals surface area contributed by atoms with Crippen LogP contribution in [0.4, 0.5) is 4.79 Å². The molecule has 0 bridgehead atoms. The largest absolute Gasteiger partial charge is 0.493 e. The molecule has 0 aliphatic carbocycles. The minimum absolute atomic E-state index is 0.112. The Morgan fingerprint density at radius 2 is 2.33 bits per heavy atom. The van der Waals surface area contributed by atoms with E-state index in [1.165, 1.54) is 0 Å². The lowest BCUT2D eigenvalue weighted by atomic mass is 9.90. The molecule has 0 saturated carbocycles. The number of amides is 1. The van der Waals surface area contributed by atoms with Gasteiger partial charge >= 0.3 is 6.09 Å². The van der Waals surface area contributed by atoms with Crippen molar-refractivity contribution in [3.63, 3.8) is 0 Å². The number of hydrogen-bond acceptors (Lipinski definition) is 4. The maximum absolute atomic E-state index is 10.7. The molecule has 2 N–H and O–H groups in total. The van der Waals surface area contributed by atoms with E-state index in [2.05, 4.69) is 15.3 Å². The molecular weight excluding hydrogens is 270 g/mol. The second-order valence-corrected chi connectivity index (χ2v) is 4.83. The third kappa shape index (κ3) is 2.79. The molecule has 1 aliphatic heterocycles. The highest BCUT2D eigenvalue weighted by Crippen LogP contribution is 2.39. The van der Waals surface area contributed by atoms with Gasteiger partial charge in [-0.15, -0.1) is 0 Å². The molecular formula is C15H15N3O3. The van der Waals surface area contributed by atoms with E-state index in [4.69, 9.17) is 9.84 Å². The summed E-state index contributed by atoms with van der Waals surface area (Å²) in [5.74, 6) is 0.892. The normalized spacial score (nSPS) is 16.7. The predicted molar refractivity (Wildman–Crippen MR) is 76.3 cm³/mol.